The maximum atomic E-state index is 11.9. The highest BCUT2D eigenvalue weighted by Gasteiger charge is 2.24. The molecule has 1 aliphatic rings. The molecule has 2 amide bonds. The fraction of sp³-hybridized carbons (Fsp3) is 0.562. The molecular weight excluding hydrogens is 266 g/mol. The topological polar surface area (TPSA) is 53.6 Å². The smallest absolute Gasteiger partial charge is 0.319 e. The molecule has 1 saturated heterocycles. The number of para-hydroxylation sites is 2. The van der Waals surface area contributed by atoms with E-state index in [1.165, 1.54) is 0 Å². The van der Waals surface area contributed by atoms with Gasteiger partial charge in [0.15, 0.2) is 0 Å². The van der Waals surface area contributed by atoms with Crippen LogP contribution in [0.2, 0.25) is 0 Å². The summed E-state index contributed by atoms with van der Waals surface area (Å²) in [6.07, 6.45) is 1.31. The van der Waals surface area contributed by atoms with Gasteiger partial charge in [-0.3, -0.25) is 0 Å². The number of carbonyl (C=O) groups is 1. The number of nitrogens with zero attached hydrogens (tertiary/aromatic N) is 1. The van der Waals surface area contributed by atoms with Gasteiger partial charge in [-0.25, -0.2) is 4.79 Å². The quantitative estimate of drug-likeness (QED) is 0.897. The van der Waals surface area contributed by atoms with Gasteiger partial charge in [-0.05, 0) is 32.4 Å². The van der Waals surface area contributed by atoms with E-state index in [1.54, 1.807) is 0 Å². The van der Waals surface area contributed by atoms with Crippen LogP contribution in [0.3, 0.4) is 0 Å². The molecule has 1 aromatic rings. The highest BCUT2D eigenvalue weighted by Crippen LogP contribution is 2.28. The molecule has 0 saturated carbocycles. The fourth-order valence-corrected chi connectivity index (χ4v) is 2.63. The van der Waals surface area contributed by atoms with Gasteiger partial charge in [0.1, 0.15) is 0 Å². The molecule has 0 spiro atoms. The molecule has 0 bridgehead atoms. The van der Waals surface area contributed by atoms with Crippen LogP contribution in [0.25, 0.3) is 0 Å². The van der Waals surface area contributed by atoms with Gasteiger partial charge in [-0.1, -0.05) is 19.1 Å². The summed E-state index contributed by atoms with van der Waals surface area (Å²) in [7, 11) is 0. The van der Waals surface area contributed by atoms with Crippen molar-refractivity contribution >= 4 is 17.4 Å². The number of carbonyl (C=O) groups excluding carboxylic acids is 1. The molecule has 0 radical (unpaired) electrons. The number of amides is 2. The molecule has 0 unspecified atom stereocenters. The predicted octanol–water partition coefficient (Wildman–Crippen LogP) is 2.83. The Labute approximate surface area is 126 Å². The third-order valence-electron chi connectivity index (χ3n) is 3.45. The average Bonchev–Trinajstić information content (AvgIpc) is 2.44. The largest absolute Gasteiger partial charge is 0.372 e. The Bertz CT molecular complexity index is 468. The van der Waals surface area contributed by atoms with Crippen LogP contribution < -0.4 is 15.5 Å². The van der Waals surface area contributed by atoms with Crippen LogP contribution in [0.4, 0.5) is 16.2 Å². The molecule has 0 aromatic heterocycles. The summed E-state index contributed by atoms with van der Waals surface area (Å²) in [5, 5.41) is 5.78. The molecule has 1 aromatic carbocycles. The van der Waals surface area contributed by atoms with Crippen molar-refractivity contribution in [2.24, 2.45) is 0 Å². The van der Waals surface area contributed by atoms with Crippen molar-refractivity contribution in [3.8, 4) is 0 Å². The molecule has 116 valence electrons. The predicted molar refractivity (Wildman–Crippen MR) is 86.0 cm³/mol. The molecule has 5 nitrogen and oxygen atoms in total. The summed E-state index contributed by atoms with van der Waals surface area (Å²) >= 11 is 0. The first kappa shape index (κ1) is 15.6. The number of hydrogen-bond donors (Lipinski definition) is 2. The van der Waals surface area contributed by atoms with Crippen molar-refractivity contribution in [1.29, 1.82) is 0 Å². The Morgan fingerprint density at radius 3 is 2.62 bits per heavy atom. The number of urea groups is 1. The van der Waals surface area contributed by atoms with E-state index in [-0.39, 0.29) is 18.2 Å². The average molecular weight is 291 g/mol. The van der Waals surface area contributed by atoms with Crippen LogP contribution in [-0.2, 0) is 4.74 Å². The summed E-state index contributed by atoms with van der Waals surface area (Å²) in [5.41, 5.74) is 1.89. The molecule has 1 aliphatic heterocycles. The Hall–Kier alpha value is -1.75. The number of morpholine rings is 1. The second kappa shape index (κ2) is 7.31. The lowest BCUT2D eigenvalue weighted by Crippen LogP contribution is -2.45. The summed E-state index contributed by atoms with van der Waals surface area (Å²) in [6, 6.07) is 7.76. The zero-order valence-corrected chi connectivity index (χ0v) is 13.1. The van der Waals surface area contributed by atoms with Crippen molar-refractivity contribution in [3.63, 3.8) is 0 Å². The van der Waals surface area contributed by atoms with E-state index in [2.05, 4.69) is 29.4 Å². The van der Waals surface area contributed by atoms with Crippen LogP contribution in [0.1, 0.15) is 27.2 Å². The first-order chi connectivity index (χ1) is 10.1. The van der Waals surface area contributed by atoms with Gasteiger partial charge in [0.05, 0.1) is 23.6 Å². The molecule has 2 N–H and O–H groups in total. The molecule has 21 heavy (non-hydrogen) atoms. The van der Waals surface area contributed by atoms with Crippen molar-refractivity contribution in [2.45, 2.75) is 39.4 Å². The van der Waals surface area contributed by atoms with Gasteiger partial charge in [-0.15, -0.1) is 0 Å². The minimum absolute atomic E-state index is 0.154. The van der Waals surface area contributed by atoms with E-state index in [0.29, 0.717) is 6.54 Å². The summed E-state index contributed by atoms with van der Waals surface area (Å²) < 4.78 is 5.77. The molecule has 5 heteroatoms. The van der Waals surface area contributed by atoms with Crippen LogP contribution in [0.15, 0.2) is 24.3 Å². The van der Waals surface area contributed by atoms with Gasteiger partial charge >= 0.3 is 6.03 Å². The number of benzene rings is 1. The SMILES string of the molecule is CCCNC(=O)Nc1ccccc1N1C[C@@H](C)O[C@H](C)C1. The number of ether oxygens (including phenoxy) is 1. The normalized spacial score (nSPS) is 22.0. The number of nitrogens with one attached hydrogen (secondary N) is 2. The van der Waals surface area contributed by atoms with Crippen molar-refractivity contribution in [2.75, 3.05) is 29.9 Å². The lowest BCUT2D eigenvalue weighted by Gasteiger charge is -2.37. The molecule has 1 heterocycles. The van der Waals surface area contributed by atoms with Crippen LogP contribution in [0, 0.1) is 0 Å². The van der Waals surface area contributed by atoms with E-state index < -0.39 is 0 Å². The van der Waals surface area contributed by atoms with E-state index in [4.69, 9.17) is 4.74 Å². The van der Waals surface area contributed by atoms with E-state index in [0.717, 1.165) is 30.9 Å². The minimum atomic E-state index is -0.154. The van der Waals surface area contributed by atoms with Gasteiger partial charge < -0.3 is 20.3 Å². The number of anilines is 2. The highest BCUT2D eigenvalue weighted by atomic mass is 16.5. The summed E-state index contributed by atoms with van der Waals surface area (Å²) in [4.78, 5) is 14.1. The van der Waals surface area contributed by atoms with Gasteiger partial charge in [0.2, 0.25) is 0 Å². The van der Waals surface area contributed by atoms with Crippen molar-refractivity contribution < 1.29 is 9.53 Å². The third kappa shape index (κ3) is 4.36. The second-order valence-electron chi connectivity index (χ2n) is 5.56. The van der Waals surface area contributed by atoms with Crippen LogP contribution in [-0.4, -0.2) is 37.9 Å². The van der Waals surface area contributed by atoms with E-state index in [1.807, 2.05) is 31.2 Å². The molecule has 2 rings (SSSR count). The highest BCUT2D eigenvalue weighted by molar-refractivity contribution is 5.93. The van der Waals surface area contributed by atoms with Crippen LogP contribution in [0.5, 0.6) is 0 Å². The Morgan fingerprint density at radius 1 is 1.29 bits per heavy atom. The lowest BCUT2D eigenvalue weighted by atomic mass is 10.1. The lowest BCUT2D eigenvalue weighted by molar-refractivity contribution is -0.00517. The maximum Gasteiger partial charge on any atom is 0.319 e. The first-order valence-electron chi connectivity index (χ1n) is 7.64. The third-order valence-corrected chi connectivity index (χ3v) is 3.45. The molecule has 1 fully saturated rings. The zero-order chi connectivity index (χ0) is 15.2. The van der Waals surface area contributed by atoms with Gasteiger partial charge in [0, 0.05) is 19.6 Å². The number of rotatable bonds is 4. The van der Waals surface area contributed by atoms with Gasteiger partial charge in [-0.2, -0.15) is 0 Å². The van der Waals surface area contributed by atoms with E-state index >= 15 is 0 Å². The molecule has 2 atom stereocenters. The first-order valence-corrected chi connectivity index (χ1v) is 7.64. The summed E-state index contributed by atoms with van der Waals surface area (Å²) in [5.74, 6) is 0. The van der Waals surface area contributed by atoms with E-state index in [9.17, 15) is 4.79 Å². The molecular formula is C16H25N3O2. The van der Waals surface area contributed by atoms with Crippen molar-refractivity contribution in [3.05, 3.63) is 24.3 Å². The minimum Gasteiger partial charge on any atom is -0.372 e. The zero-order valence-electron chi connectivity index (χ0n) is 13.1. The molecule has 0 aliphatic carbocycles. The second-order valence-corrected chi connectivity index (χ2v) is 5.56. The maximum absolute atomic E-state index is 11.9. The van der Waals surface area contributed by atoms with Gasteiger partial charge in [0.25, 0.3) is 0 Å². The Balaban J connectivity index is 2.11. The Morgan fingerprint density at radius 2 is 1.95 bits per heavy atom. The number of hydrogen-bond acceptors (Lipinski definition) is 3. The Kier molecular flexibility index (Phi) is 5.44. The standard InChI is InChI=1S/C16H25N3O2/c1-4-9-17-16(20)18-14-7-5-6-8-15(14)19-10-12(2)21-13(3)11-19/h5-8,12-13H,4,9-11H2,1-3H3,(H2,17,18,20)/t12-,13-/m1/s1. The fourth-order valence-electron chi connectivity index (χ4n) is 2.63. The van der Waals surface area contributed by atoms with Crippen LogP contribution >= 0.6 is 0 Å². The van der Waals surface area contributed by atoms with Crippen molar-refractivity contribution in [1.82, 2.24) is 5.32 Å². The summed E-state index contributed by atoms with van der Waals surface area (Å²) in [6.45, 7) is 8.53. The monoisotopic (exact) mass is 291 g/mol.